The fraction of sp³-hybridized carbons (Fsp3) is 0.308. The number of hydrogen-bond acceptors (Lipinski definition) is 2. The van der Waals surface area contributed by atoms with Gasteiger partial charge in [-0.3, -0.25) is 4.79 Å². The summed E-state index contributed by atoms with van der Waals surface area (Å²) in [6.45, 7) is 0.631. The van der Waals surface area contributed by atoms with Crippen LogP contribution >= 0.6 is 11.6 Å². The molecule has 17 heavy (non-hydrogen) atoms. The van der Waals surface area contributed by atoms with E-state index >= 15 is 0 Å². The average Bonchev–Trinajstić information content (AvgIpc) is 2.32. The Morgan fingerprint density at radius 1 is 1.18 bits per heavy atom. The van der Waals surface area contributed by atoms with Crippen LogP contribution in [-0.4, -0.2) is 15.6 Å². The van der Waals surface area contributed by atoms with Crippen LogP contribution in [0, 0.1) is 0 Å². The maximum absolute atomic E-state index is 11.8. The highest BCUT2D eigenvalue weighted by molar-refractivity contribution is 6.17. The Balaban J connectivity index is 2.47. The average molecular weight is 252 g/mol. The second kappa shape index (κ2) is 5.23. The molecule has 0 aliphatic heterocycles. The summed E-state index contributed by atoms with van der Waals surface area (Å²) in [5, 5.41) is 10.4. The van der Waals surface area contributed by atoms with Crippen molar-refractivity contribution in [2.45, 2.75) is 19.4 Å². The quantitative estimate of drug-likeness (QED) is 0.671. The summed E-state index contributed by atoms with van der Waals surface area (Å²) in [6.07, 6.45) is 1.74. The third-order valence-corrected chi connectivity index (χ3v) is 3.01. The lowest BCUT2D eigenvalue weighted by Crippen LogP contribution is -2.19. The van der Waals surface area contributed by atoms with Crippen molar-refractivity contribution in [1.82, 2.24) is 4.57 Å². The molecule has 4 heteroatoms. The normalized spacial score (nSPS) is 10.9. The minimum absolute atomic E-state index is 0.0438. The van der Waals surface area contributed by atoms with E-state index in [1.54, 1.807) is 28.8 Å². The zero-order valence-electron chi connectivity index (χ0n) is 9.40. The number of nitrogens with zero attached hydrogens (tertiary/aromatic N) is 1. The summed E-state index contributed by atoms with van der Waals surface area (Å²) >= 11 is 5.62. The molecule has 0 unspecified atom stereocenters. The molecule has 1 N–H and O–H groups in total. The molecule has 1 heterocycles. The predicted molar refractivity (Wildman–Crippen MR) is 69.8 cm³/mol. The van der Waals surface area contributed by atoms with Crippen LogP contribution < -0.4 is 5.56 Å². The third-order valence-electron chi connectivity index (χ3n) is 2.74. The molecule has 0 bridgehead atoms. The first-order valence-electron chi connectivity index (χ1n) is 5.61. The van der Waals surface area contributed by atoms with Gasteiger partial charge in [0.2, 0.25) is 0 Å². The monoisotopic (exact) mass is 251 g/mol. The van der Waals surface area contributed by atoms with Crippen LogP contribution in [0.2, 0.25) is 0 Å². The Morgan fingerprint density at radius 3 is 2.71 bits per heavy atom. The molecule has 0 saturated carbocycles. The van der Waals surface area contributed by atoms with Crippen LogP contribution in [0.3, 0.4) is 0 Å². The molecule has 0 aliphatic carbocycles. The van der Waals surface area contributed by atoms with Crippen molar-refractivity contribution in [3.05, 3.63) is 40.7 Å². The van der Waals surface area contributed by atoms with Crippen molar-refractivity contribution >= 4 is 22.5 Å². The van der Waals surface area contributed by atoms with E-state index in [-0.39, 0.29) is 11.3 Å². The fourth-order valence-corrected chi connectivity index (χ4v) is 2.06. The van der Waals surface area contributed by atoms with Gasteiger partial charge in [-0.15, -0.1) is 11.6 Å². The number of phenols is 1. The number of rotatable bonds is 4. The highest BCUT2D eigenvalue weighted by atomic mass is 35.5. The van der Waals surface area contributed by atoms with Gasteiger partial charge < -0.3 is 9.67 Å². The van der Waals surface area contributed by atoms with E-state index < -0.39 is 0 Å². The molecule has 0 amide bonds. The summed E-state index contributed by atoms with van der Waals surface area (Å²) < 4.78 is 1.68. The van der Waals surface area contributed by atoms with Crippen LogP contribution in [-0.2, 0) is 6.54 Å². The summed E-state index contributed by atoms with van der Waals surface area (Å²) in [7, 11) is 0. The first-order chi connectivity index (χ1) is 8.22. The molecule has 0 fully saturated rings. The molecule has 1 aromatic carbocycles. The topological polar surface area (TPSA) is 42.2 Å². The van der Waals surface area contributed by atoms with Gasteiger partial charge in [-0.05, 0) is 36.4 Å². The lowest BCUT2D eigenvalue weighted by atomic mass is 10.2. The van der Waals surface area contributed by atoms with Gasteiger partial charge in [-0.1, -0.05) is 0 Å². The first-order valence-corrected chi connectivity index (χ1v) is 6.14. The number of fused-ring (bicyclic) bond motifs is 1. The number of aryl methyl sites for hydroxylation is 1. The van der Waals surface area contributed by atoms with Gasteiger partial charge >= 0.3 is 0 Å². The molecule has 3 nitrogen and oxygen atoms in total. The third kappa shape index (κ3) is 2.61. The minimum Gasteiger partial charge on any atom is -0.508 e. The van der Waals surface area contributed by atoms with Gasteiger partial charge in [0, 0.05) is 24.6 Å². The molecule has 0 spiro atoms. The van der Waals surface area contributed by atoms with E-state index in [9.17, 15) is 9.90 Å². The van der Waals surface area contributed by atoms with Crippen LogP contribution in [0.25, 0.3) is 10.9 Å². The van der Waals surface area contributed by atoms with E-state index in [0.29, 0.717) is 12.4 Å². The van der Waals surface area contributed by atoms with E-state index in [2.05, 4.69) is 0 Å². The van der Waals surface area contributed by atoms with Gasteiger partial charge in [-0.2, -0.15) is 0 Å². The van der Waals surface area contributed by atoms with E-state index in [0.717, 1.165) is 23.7 Å². The Morgan fingerprint density at radius 2 is 1.94 bits per heavy atom. The zero-order valence-corrected chi connectivity index (χ0v) is 10.2. The summed E-state index contributed by atoms with van der Waals surface area (Å²) in [5.74, 6) is 0.777. The van der Waals surface area contributed by atoms with E-state index in [4.69, 9.17) is 11.6 Å². The number of halogens is 1. The molecular weight excluding hydrogens is 238 g/mol. The number of unbranched alkanes of at least 4 members (excludes halogenated alkanes) is 1. The second-order valence-corrected chi connectivity index (χ2v) is 4.34. The van der Waals surface area contributed by atoms with Crippen molar-refractivity contribution in [2.75, 3.05) is 5.88 Å². The molecule has 2 rings (SSSR count). The molecular formula is C13H14ClNO2. The van der Waals surface area contributed by atoms with Gasteiger partial charge in [0.15, 0.2) is 0 Å². The Labute approximate surface area is 104 Å². The highest BCUT2D eigenvalue weighted by Gasteiger charge is 2.03. The maximum Gasteiger partial charge on any atom is 0.251 e. The van der Waals surface area contributed by atoms with Crippen LogP contribution in [0.1, 0.15) is 12.8 Å². The molecule has 0 radical (unpaired) electrons. The van der Waals surface area contributed by atoms with E-state index in [1.165, 1.54) is 0 Å². The zero-order chi connectivity index (χ0) is 12.3. The second-order valence-electron chi connectivity index (χ2n) is 3.96. The number of benzene rings is 1. The van der Waals surface area contributed by atoms with Gasteiger partial charge in [-0.25, -0.2) is 0 Å². The number of pyridine rings is 1. The van der Waals surface area contributed by atoms with Crippen molar-refractivity contribution in [3.8, 4) is 5.75 Å². The van der Waals surface area contributed by atoms with Gasteiger partial charge in [0.05, 0.1) is 5.52 Å². The summed E-state index contributed by atoms with van der Waals surface area (Å²) in [5.41, 5.74) is 0.727. The molecule has 0 aliphatic rings. The number of aromatic hydroxyl groups is 1. The van der Waals surface area contributed by atoms with Crippen LogP contribution in [0.5, 0.6) is 5.75 Å². The van der Waals surface area contributed by atoms with Crippen LogP contribution in [0.15, 0.2) is 35.1 Å². The minimum atomic E-state index is -0.0438. The smallest absolute Gasteiger partial charge is 0.251 e. The molecule has 1 aromatic heterocycles. The SMILES string of the molecule is O=c1ccc2ccc(O)cc2n1CCCCCl. The summed E-state index contributed by atoms with van der Waals surface area (Å²) in [4.78, 5) is 11.8. The van der Waals surface area contributed by atoms with Crippen molar-refractivity contribution in [3.63, 3.8) is 0 Å². The first kappa shape index (κ1) is 12.0. The summed E-state index contributed by atoms with van der Waals surface area (Å²) in [6, 6.07) is 8.38. The number of alkyl halides is 1. The fourth-order valence-electron chi connectivity index (χ4n) is 1.87. The Bertz CT molecular complexity index is 577. The Kier molecular flexibility index (Phi) is 3.69. The molecule has 0 atom stereocenters. The lowest BCUT2D eigenvalue weighted by Gasteiger charge is -2.09. The maximum atomic E-state index is 11.8. The number of hydrogen-bond donors (Lipinski definition) is 1. The standard InChI is InChI=1S/C13H14ClNO2/c14-7-1-2-8-15-12-9-11(16)5-3-10(12)4-6-13(15)17/h3-6,9,16H,1-2,7-8H2. The highest BCUT2D eigenvalue weighted by Crippen LogP contribution is 2.18. The van der Waals surface area contributed by atoms with Crippen molar-refractivity contribution in [2.24, 2.45) is 0 Å². The lowest BCUT2D eigenvalue weighted by molar-refractivity contribution is 0.475. The van der Waals surface area contributed by atoms with Crippen LogP contribution in [0.4, 0.5) is 0 Å². The van der Waals surface area contributed by atoms with Crippen molar-refractivity contribution < 1.29 is 5.11 Å². The van der Waals surface area contributed by atoms with Crippen molar-refractivity contribution in [1.29, 1.82) is 0 Å². The Hall–Kier alpha value is -1.48. The number of phenolic OH excluding ortho intramolecular Hbond substituents is 1. The predicted octanol–water partition coefficient (Wildman–Crippen LogP) is 2.73. The van der Waals surface area contributed by atoms with Gasteiger partial charge in [0.1, 0.15) is 5.75 Å². The van der Waals surface area contributed by atoms with E-state index in [1.807, 2.05) is 6.07 Å². The number of aromatic nitrogens is 1. The molecule has 2 aromatic rings. The molecule has 90 valence electrons. The molecule has 0 saturated heterocycles. The largest absolute Gasteiger partial charge is 0.508 e. The van der Waals surface area contributed by atoms with Gasteiger partial charge in [0.25, 0.3) is 5.56 Å².